The standard InChI is InChI=1S/C22H20N8O6/c1-12(31)35-19-15(33-2)9-13(10-16(19)34-3)11-24-26-22(32)18-17(14-7-5-4-6-8-14)25-29-30(18)21-20(23)27-36-28-21/h4-11H,1-3H3,(H2,23,27)(H,26,32)/b24-11+. The number of methoxy groups -OCH3 is 2. The lowest BCUT2D eigenvalue weighted by Gasteiger charge is -2.13. The number of hydrogen-bond donors (Lipinski definition) is 2. The summed E-state index contributed by atoms with van der Waals surface area (Å²) in [5, 5.41) is 19.3. The van der Waals surface area contributed by atoms with Crippen molar-refractivity contribution in [2.45, 2.75) is 6.92 Å². The Morgan fingerprint density at radius 2 is 1.81 bits per heavy atom. The lowest BCUT2D eigenvalue weighted by molar-refractivity contribution is -0.132. The van der Waals surface area contributed by atoms with Crippen LogP contribution in [0.2, 0.25) is 0 Å². The predicted octanol–water partition coefficient (Wildman–Crippen LogP) is 1.61. The summed E-state index contributed by atoms with van der Waals surface area (Å²) in [7, 11) is 2.82. The first kappa shape index (κ1) is 23.9. The number of carbonyl (C=O) groups is 2. The van der Waals surface area contributed by atoms with Crippen molar-refractivity contribution in [2.75, 3.05) is 20.0 Å². The van der Waals surface area contributed by atoms with Crippen molar-refractivity contribution < 1.29 is 28.4 Å². The number of carbonyl (C=O) groups excluding carboxylic acids is 2. The van der Waals surface area contributed by atoms with Crippen molar-refractivity contribution in [3.63, 3.8) is 0 Å². The van der Waals surface area contributed by atoms with Gasteiger partial charge in [-0.15, -0.1) is 5.10 Å². The number of nitrogen functional groups attached to an aromatic ring is 1. The third-order valence-electron chi connectivity index (χ3n) is 4.74. The molecule has 2 aromatic heterocycles. The first-order valence-corrected chi connectivity index (χ1v) is 10.3. The van der Waals surface area contributed by atoms with Gasteiger partial charge in [0.2, 0.25) is 17.4 Å². The Bertz CT molecular complexity index is 1400. The van der Waals surface area contributed by atoms with Crippen molar-refractivity contribution in [1.82, 2.24) is 30.7 Å². The molecular weight excluding hydrogens is 472 g/mol. The summed E-state index contributed by atoms with van der Waals surface area (Å²) in [5.74, 6) is -0.691. The summed E-state index contributed by atoms with van der Waals surface area (Å²) in [4.78, 5) is 24.6. The number of hydrogen-bond acceptors (Lipinski definition) is 12. The summed E-state index contributed by atoms with van der Waals surface area (Å²) in [6.45, 7) is 1.26. The number of nitrogens with zero attached hydrogens (tertiary/aromatic N) is 6. The van der Waals surface area contributed by atoms with E-state index in [2.05, 4.69) is 35.8 Å². The van der Waals surface area contributed by atoms with Crippen LogP contribution >= 0.6 is 0 Å². The molecule has 1 amide bonds. The molecule has 0 spiro atoms. The van der Waals surface area contributed by atoms with Crippen LogP contribution in [0.4, 0.5) is 5.82 Å². The van der Waals surface area contributed by atoms with E-state index < -0.39 is 11.9 Å². The number of esters is 1. The van der Waals surface area contributed by atoms with E-state index in [9.17, 15) is 9.59 Å². The molecule has 3 N–H and O–H groups in total. The van der Waals surface area contributed by atoms with Gasteiger partial charge in [0.1, 0.15) is 5.69 Å². The van der Waals surface area contributed by atoms with E-state index in [-0.39, 0.29) is 40.3 Å². The number of amides is 1. The Morgan fingerprint density at radius 1 is 1.11 bits per heavy atom. The van der Waals surface area contributed by atoms with E-state index in [0.717, 1.165) is 4.68 Å². The minimum Gasteiger partial charge on any atom is -0.493 e. The lowest BCUT2D eigenvalue weighted by atomic mass is 10.1. The fraction of sp³-hybridized carbons (Fsp3) is 0.136. The van der Waals surface area contributed by atoms with Gasteiger partial charge >= 0.3 is 5.97 Å². The van der Waals surface area contributed by atoms with Gasteiger partial charge in [0, 0.05) is 18.1 Å². The van der Waals surface area contributed by atoms with Crippen LogP contribution in [0, 0.1) is 0 Å². The van der Waals surface area contributed by atoms with E-state index in [4.69, 9.17) is 19.9 Å². The molecule has 0 fully saturated rings. The summed E-state index contributed by atoms with van der Waals surface area (Å²) in [5.41, 5.74) is 9.60. The zero-order valence-electron chi connectivity index (χ0n) is 19.3. The number of rotatable bonds is 8. The zero-order valence-corrected chi connectivity index (χ0v) is 19.3. The van der Waals surface area contributed by atoms with E-state index in [1.165, 1.54) is 27.4 Å². The monoisotopic (exact) mass is 492 g/mol. The van der Waals surface area contributed by atoms with Gasteiger partial charge in [0.05, 0.1) is 20.4 Å². The summed E-state index contributed by atoms with van der Waals surface area (Å²) in [6.07, 6.45) is 1.35. The summed E-state index contributed by atoms with van der Waals surface area (Å²) < 4.78 is 21.5. The van der Waals surface area contributed by atoms with Crippen LogP contribution in [-0.2, 0) is 4.79 Å². The number of hydrazone groups is 1. The molecule has 0 saturated carbocycles. The zero-order chi connectivity index (χ0) is 25.7. The third kappa shape index (κ3) is 4.82. The molecule has 2 aromatic carbocycles. The SMILES string of the molecule is COc1cc(/C=N/NC(=O)c2c(-c3ccccc3)nnn2-c2nonc2N)cc(OC)c1OC(C)=O. The molecule has 14 heteroatoms. The maximum absolute atomic E-state index is 13.2. The van der Waals surface area contributed by atoms with E-state index in [1.807, 2.05) is 6.07 Å². The number of ether oxygens (including phenoxy) is 3. The molecule has 0 aliphatic rings. The molecule has 0 aliphatic heterocycles. The topological polar surface area (TPSA) is 182 Å². The van der Waals surface area contributed by atoms with Gasteiger partial charge in [-0.1, -0.05) is 35.5 Å². The third-order valence-corrected chi connectivity index (χ3v) is 4.74. The highest BCUT2D eigenvalue weighted by Gasteiger charge is 2.26. The van der Waals surface area contributed by atoms with Gasteiger partial charge in [-0.3, -0.25) is 9.59 Å². The second-order valence-electron chi connectivity index (χ2n) is 7.08. The Hall–Kier alpha value is -5.27. The normalized spacial score (nSPS) is 10.9. The van der Waals surface area contributed by atoms with Crippen molar-refractivity contribution in [2.24, 2.45) is 5.10 Å². The number of anilines is 1. The Labute approximate surface area is 203 Å². The number of benzene rings is 2. The van der Waals surface area contributed by atoms with Crippen molar-refractivity contribution >= 4 is 23.9 Å². The highest BCUT2D eigenvalue weighted by atomic mass is 16.6. The Morgan fingerprint density at radius 3 is 2.39 bits per heavy atom. The van der Waals surface area contributed by atoms with Crippen molar-refractivity contribution in [3.05, 3.63) is 53.7 Å². The van der Waals surface area contributed by atoms with Gasteiger partial charge in [-0.25, -0.2) is 10.1 Å². The number of nitrogens with two attached hydrogens (primary N) is 1. The first-order chi connectivity index (χ1) is 17.4. The number of nitrogens with one attached hydrogen (secondary N) is 1. The first-order valence-electron chi connectivity index (χ1n) is 10.3. The quantitative estimate of drug-likeness (QED) is 0.158. The molecular formula is C22H20N8O6. The van der Waals surface area contributed by atoms with Gasteiger partial charge in [-0.05, 0) is 22.4 Å². The van der Waals surface area contributed by atoms with Crippen LogP contribution in [0.3, 0.4) is 0 Å². The molecule has 0 saturated heterocycles. The van der Waals surface area contributed by atoms with Crippen LogP contribution < -0.4 is 25.4 Å². The second-order valence-corrected chi connectivity index (χ2v) is 7.08. The lowest BCUT2D eigenvalue weighted by Crippen LogP contribution is -2.22. The molecule has 36 heavy (non-hydrogen) atoms. The van der Waals surface area contributed by atoms with Crippen LogP contribution in [0.15, 0.2) is 52.2 Å². The van der Waals surface area contributed by atoms with Crippen LogP contribution in [-0.4, -0.2) is 57.6 Å². The summed E-state index contributed by atoms with van der Waals surface area (Å²) in [6, 6.07) is 12.1. The predicted molar refractivity (Wildman–Crippen MR) is 125 cm³/mol. The highest BCUT2D eigenvalue weighted by Crippen LogP contribution is 2.38. The van der Waals surface area contributed by atoms with E-state index in [1.54, 1.807) is 36.4 Å². The molecule has 0 aliphatic carbocycles. The molecule has 4 aromatic rings. The molecule has 0 unspecified atom stereocenters. The van der Waals surface area contributed by atoms with Gasteiger partial charge in [-0.2, -0.15) is 9.78 Å². The molecule has 14 nitrogen and oxygen atoms in total. The van der Waals surface area contributed by atoms with Crippen molar-refractivity contribution in [1.29, 1.82) is 0 Å². The Kier molecular flexibility index (Phi) is 6.85. The van der Waals surface area contributed by atoms with Crippen molar-refractivity contribution in [3.8, 4) is 34.3 Å². The maximum Gasteiger partial charge on any atom is 0.308 e. The molecule has 0 bridgehead atoms. The Balaban J connectivity index is 1.65. The van der Waals surface area contributed by atoms with Crippen LogP contribution in [0.5, 0.6) is 17.2 Å². The minimum absolute atomic E-state index is 0.00103. The minimum atomic E-state index is -0.659. The van der Waals surface area contributed by atoms with Gasteiger partial charge < -0.3 is 19.9 Å². The van der Waals surface area contributed by atoms with Gasteiger partial charge in [0.25, 0.3) is 5.91 Å². The molecule has 0 atom stereocenters. The molecule has 4 rings (SSSR count). The molecule has 2 heterocycles. The van der Waals surface area contributed by atoms with Crippen LogP contribution in [0.25, 0.3) is 17.1 Å². The van der Waals surface area contributed by atoms with E-state index in [0.29, 0.717) is 11.1 Å². The number of aromatic nitrogens is 5. The van der Waals surface area contributed by atoms with Gasteiger partial charge in [0.15, 0.2) is 17.2 Å². The highest BCUT2D eigenvalue weighted by molar-refractivity contribution is 5.99. The summed E-state index contributed by atoms with van der Waals surface area (Å²) >= 11 is 0. The molecule has 184 valence electrons. The smallest absolute Gasteiger partial charge is 0.308 e. The largest absolute Gasteiger partial charge is 0.493 e. The molecule has 0 radical (unpaired) electrons. The maximum atomic E-state index is 13.2. The van der Waals surface area contributed by atoms with E-state index >= 15 is 0 Å². The fourth-order valence-electron chi connectivity index (χ4n) is 3.20. The second kappa shape index (κ2) is 10.3. The average molecular weight is 492 g/mol. The van der Waals surface area contributed by atoms with Crippen LogP contribution in [0.1, 0.15) is 23.0 Å². The fourth-order valence-corrected chi connectivity index (χ4v) is 3.20. The average Bonchev–Trinajstić information content (AvgIpc) is 3.50.